The van der Waals surface area contributed by atoms with Crippen LogP contribution in [0.15, 0.2) is 23.4 Å². The van der Waals surface area contributed by atoms with Gasteiger partial charge in [-0.1, -0.05) is 5.16 Å². The van der Waals surface area contributed by atoms with E-state index in [0.717, 1.165) is 3.57 Å². The predicted molar refractivity (Wildman–Crippen MR) is 75.8 cm³/mol. The van der Waals surface area contributed by atoms with Crippen LogP contribution < -0.4 is 5.73 Å². The van der Waals surface area contributed by atoms with Gasteiger partial charge in [0, 0.05) is 10.1 Å². The fraction of sp³-hybridized carbons (Fsp3) is 0.273. The molecule has 0 aliphatic rings. The number of amidine groups is 1. The van der Waals surface area contributed by atoms with Crippen LogP contribution in [0.25, 0.3) is 0 Å². The Morgan fingerprint density at radius 3 is 2.78 bits per heavy atom. The van der Waals surface area contributed by atoms with Gasteiger partial charge in [-0.05, 0) is 47.7 Å². The van der Waals surface area contributed by atoms with Gasteiger partial charge in [0.2, 0.25) is 0 Å². The standard InChI is InChI=1S/C11H14IN3O3/c1-2-15(6-10(13)14-18)11(17)8-5-7(12)3-4-9(8)16/h3-5,16,18H,2,6H2,1H3,(H2,13,14). The molecule has 0 unspecified atom stereocenters. The third-order valence-electron chi connectivity index (χ3n) is 2.34. The third kappa shape index (κ3) is 3.49. The van der Waals surface area contributed by atoms with E-state index in [1.165, 1.54) is 11.0 Å². The number of oxime groups is 1. The summed E-state index contributed by atoms with van der Waals surface area (Å²) >= 11 is 2.05. The van der Waals surface area contributed by atoms with E-state index in [9.17, 15) is 9.90 Å². The normalized spacial score (nSPS) is 11.3. The molecule has 1 aromatic rings. The summed E-state index contributed by atoms with van der Waals surface area (Å²) in [4.78, 5) is 13.5. The van der Waals surface area contributed by atoms with Crippen molar-refractivity contribution in [2.45, 2.75) is 6.92 Å². The van der Waals surface area contributed by atoms with Gasteiger partial charge in [0.15, 0.2) is 5.84 Å². The van der Waals surface area contributed by atoms with Crippen molar-refractivity contribution in [2.75, 3.05) is 13.1 Å². The third-order valence-corrected chi connectivity index (χ3v) is 3.01. The zero-order valence-corrected chi connectivity index (χ0v) is 12.0. The van der Waals surface area contributed by atoms with Gasteiger partial charge in [0.1, 0.15) is 5.75 Å². The van der Waals surface area contributed by atoms with Crippen LogP contribution in [0.5, 0.6) is 5.75 Å². The summed E-state index contributed by atoms with van der Waals surface area (Å²) in [5.74, 6) is -0.506. The minimum atomic E-state index is -0.361. The lowest BCUT2D eigenvalue weighted by Crippen LogP contribution is -2.38. The summed E-state index contributed by atoms with van der Waals surface area (Å²) in [6, 6.07) is 4.76. The first kappa shape index (κ1) is 14.6. The molecule has 1 rings (SSSR count). The summed E-state index contributed by atoms with van der Waals surface area (Å²) in [7, 11) is 0. The van der Waals surface area contributed by atoms with E-state index < -0.39 is 0 Å². The number of amides is 1. The average molecular weight is 363 g/mol. The first-order valence-electron chi connectivity index (χ1n) is 5.23. The average Bonchev–Trinajstić information content (AvgIpc) is 2.37. The summed E-state index contributed by atoms with van der Waals surface area (Å²) < 4.78 is 0.841. The Hall–Kier alpha value is -1.51. The molecule has 0 radical (unpaired) electrons. The van der Waals surface area contributed by atoms with Crippen molar-refractivity contribution in [2.24, 2.45) is 10.9 Å². The molecule has 0 aliphatic carbocycles. The fourth-order valence-electron chi connectivity index (χ4n) is 1.40. The molecule has 0 fully saturated rings. The van der Waals surface area contributed by atoms with Gasteiger partial charge in [-0.3, -0.25) is 4.79 Å². The van der Waals surface area contributed by atoms with E-state index in [0.29, 0.717) is 6.54 Å². The number of rotatable bonds is 4. The second-order valence-electron chi connectivity index (χ2n) is 3.57. The molecule has 0 spiro atoms. The SMILES string of the molecule is CCN(C/C(N)=N/O)C(=O)c1cc(I)ccc1O. The Labute approximate surface area is 118 Å². The van der Waals surface area contributed by atoms with Gasteiger partial charge in [-0.2, -0.15) is 0 Å². The fourth-order valence-corrected chi connectivity index (χ4v) is 1.90. The Morgan fingerprint density at radius 1 is 1.56 bits per heavy atom. The Kier molecular flexibility index (Phi) is 5.20. The second kappa shape index (κ2) is 6.43. The lowest BCUT2D eigenvalue weighted by molar-refractivity contribution is 0.0783. The van der Waals surface area contributed by atoms with Crippen LogP contribution in [0.3, 0.4) is 0 Å². The van der Waals surface area contributed by atoms with Crippen molar-refractivity contribution < 1.29 is 15.1 Å². The Bertz CT molecular complexity index is 477. The van der Waals surface area contributed by atoms with Gasteiger partial charge in [0.05, 0.1) is 12.1 Å². The second-order valence-corrected chi connectivity index (χ2v) is 4.82. The lowest BCUT2D eigenvalue weighted by atomic mass is 10.1. The molecule has 0 saturated carbocycles. The minimum absolute atomic E-state index is 0.0107. The number of benzene rings is 1. The maximum absolute atomic E-state index is 12.2. The maximum Gasteiger partial charge on any atom is 0.258 e. The van der Waals surface area contributed by atoms with Crippen LogP contribution in [0.4, 0.5) is 0 Å². The number of halogens is 1. The summed E-state index contributed by atoms with van der Waals surface area (Å²) in [6.45, 7) is 2.17. The zero-order valence-electron chi connectivity index (χ0n) is 9.80. The van der Waals surface area contributed by atoms with Gasteiger partial charge in [-0.15, -0.1) is 0 Å². The highest BCUT2D eigenvalue weighted by molar-refractivity contribution is 14.1. The van der Waals surface area contributed by atoms with Gasteiger partial charge in [0.25, 0.3) is 5.91 Å². The molecule has 4 N–H and O–H groups in total. The van der Waals surface area contributed by atoms with Crippen molar-refractivity contribution in [3.05, 3.63) is 27.3 Å². The van der Waals surface area contributed by atoms with Crippen LogP contribution in [0.2, 0.25) is 0 Å². The van der Waals surface area contributed by atoms with Crippen molar-refractivity contribution >= 4 is 34.3 Å². The van der Waals surface area contributed by atoms with Crippen LogP contribution in [0, 0.1) is 3.57 Å². The molecular formula is C11H14IN3O3. The summed E-state index contributed by atoms with van der Waals surface area (Å²) in [5.41, 5.74) is 5.58. The van der Waals surface area contributed by atoms with Crippen molar-refractivity contribution in [1.29, 1.82) is 0 Å². The van der Waals surface area contributed by atoms with Crippen LogP contribution in [-0.2, 0) is 0 Å². The van der Waals surface area contributed by atoms with Crippen molar-refractivity contribution in [3.8, 4) is 5.75 Å². The van der Waals surface area contributed by atoms with Gasteiger partial charge in [-0.25, -0.2) is 0 Å². The smallest absolute Gasteiger partial charge is 0.258 e. The molecule has 7 heteroatoms. The lowest BCUT2D eigenvalue weighted by Gasteiger charge is -2.20. The number of nitrogens with zero attached hydrogens (tertiary/aromatic N) is 2. The van der Waals surface area contributed by atoms with E-state index in [1.807, 2.05) is 0 Å². The molecule has 0 saturated heterocycles. The highest BCUT2D eigenvalue weighted by Crippen LogP contribution is 2.21. The number of hydrogen-bond donors (Lipinski definition) is 3. The van der Waals surface area contributed by atoms with E-state index in [1.54, 1.807) is 19.1 Å². The monoisotopic (exact) mass is 363 g/mol. The molecule has 6 nitrogen and oxygen atoms in total. The predicted octanol–water partition coefficient (Wildman–Crippen LogP) is 1.21. The Morgan fingerprint density at radius 2 is 2.22 bits per heavy atom. The van der Waals surface area contributed by atoms with Gasteiger partial charge < -0.3 is 20.9 Å². The number of aromatic hydroxyl groups is 1. The number of phenolic OH excluding ortho intramolecular Hbond substituents is 1. The minimum Gasteiger partial charge on any atom is -0.507 e. The summed E-state index contributed by atoms with van der Waals surface area (Å²) in [6.07, 6.45) is 0. The van der Waals surface area contributed by atoms with Crippen molar-refractivity contribution in [3.63, 3.8) is 0 Å². The Balaban J connectivity index is 3.00. The van der Waals surface area contributed by atoms with Crippen molar-refractivity contribution in [1.82, 2.24) is 4.90 Å². The maximum atomic E-state index is 12.2. The molecule has 0 atom stereocenters. The van der Waals surface area contributed by atoms with Crippen LogP contribution >= 0.6 is 22.6 Å². The molecular weight excluding hydrogens is 349 g/mol. The van der Waals surface area contributed by atoms with E-state index in [4.69, 9.17) is 10.9 Å². The number of carbonyl (C=O) groups excluding carboxylic acids is 1. The topological polar surface area (TPSA) is 99.1 Å². The zero-order chi connectivity index (χ0) is 13.7. The quantitative estimate of drug-likeness (QED) is 0.246. The molecule has 1 aromatic carbocycles. The molecule has 0 aromatic heterocycles. The number of phenols is 1. The van der Waals surface area contributed by atoms with Crippen LogP contribution in [0.1, 0.15) is 17.3 Å². The van der Waals surface area contributed by atoms with Crippen LogP contribution in [-0.4, -0.2) is 40.0 Å². The molecule has 0 bridgehead atoms. The number of likely N-dealkylation sites (N-methyl/N-ethyl adjacent to an activating group) is 1. The number of hydrogen-bond acceptors (Lipinski definition) is 4. The summed E-state index contributed by atoms with van der Waals surface area (Å²) in [5, 5.41) is 21.0. The molecule has 0 aliphatic heterocycles. The molecule has 98 valence electrons. The first-order chi connectivity index (χ1) is 8.49. The van der Waals surface area contributed by atoms with E-state index >= 15 is 0 Å². The number of carbonyl (C=O) groups is 1. The largest absolute Gasteiger partial charge is 0.507 e. The highest BCUT2D eigenvalue weighted by atomic mass is 127. The molecule has 0 heterocycles. The highest BCUT2D eigenvalue weighted by Gasteiger charge is 2.19. The van der Waals surface area contributed by atoms with E-state index in [-0.39, 0.29) is 29.6 Å². The van der Waals surface area contributed by atoms with E-state index in [2.05, 4.69) is 27.7 Å². The first-order valence-corrected chi connectivity index (χ1v) is 6.31. The number of nitrogens with two attached hydrogens (primary N) is 1. The molecule has 1 amide bonds. The molecule has 18 heavy (non-hydrogen) atoms. The van der Waals surface area contributed by atoms with Gasteiger partial charge >= 0.3 is 0 Å².